The number of aliphatic hydroxyl groups is 1. The maximum Gasteiger partial charge on any atom is 0.353 e. The van der Waals surface area contributed by atoms with Crippen molar-refractivity contribution < 1.29 is 29.0 Å². The van der Waals surface area contributed by atoms with Crippen LogP contribution in [0.15, 0.2) is 33.4 Å². The number of nitrogens with one attached hydrogen (secondary N) is 2. The summed E-state index contributed by atoms with van der Waals surface area (Å²) >= 11 is 1.36. The predicted molar refractivity (Wildman–Crippen MR) is 108 cm³/mol. The molecule has 6 atom stereocenters. The lowest BCUT2D eigenvalue weighted by Crippen LogP contribution is -2.63. The molecular formula is C20H25N3O6S. The molecule has 1 aromatic rings. The summed E-state index contributed by atoms with van der Waals surface area (Å²) in [6, 6.07) is 2.90. The fraction of sp³-hybridized carbons (Fsp3) is 0.550. The van der Waals surface area contributed by atoms with Gasteiger partial charge in [-0.15, -0.1) is 11.8 Å². The number of hydrogen-bond acceptors (Lipinski definition) is 8. The van der Waals surface area contributed by atoms with Crippen molar-refractivity contribution in [2.75, 3.05) is 6.54 Å². The molecule has 30 heavy (non-hydrogen) atoms. The van der Waals surface area contributed by atoms with Crippen LogP contribution in [0.5, 0.6) is 0 Å². The number of carboxylic acid groups (broad SMARTS) is 1. The lowest BCUT2D eigenvalue weighted by Gasteiger charge is -2.46. The summed E-state index contributed by atoms with van der Waals surface area (Å²) in [5.41, 5.74) is -0.0203. The molecule has 1 aromatic heterocycles. The molecule has 1 amide bonds. The fourth-order valence-corrected chi connectivity index (χ4v) is 6.26. The van der Waals surface area contributed by atoms with Crippen molar-refractivity contribution >= 4 is 29.9 Å². The van der Waals surface area contributed by atoms with Crippen molar-refractivity contribution in [1.82, 2.24) is 15.5 Å². The zero-order valence-corrected chi connectivity index (χ0v) is 17.5. The minimum atomic E-state index is -1.16. The topological polar surface area (TPSA) is 132 Å². The molecule has 4 rings (SSSR count). The van der Waals surface area contributed by atoms with Crippen LogP contribution >= 0.6 is 11.8 Å². The number of carbonyl (C=O) groups excluding carboxylic acids is 2. The number of carboxylic acids is 1. The number of carbonyl (C=O) groups is 3. The summed E-state index contributed by atoms with van der Waals surface area (Å²) in [6.07, 6.45) is 2.04. The first-order chi connectivity index (χ1) is 14.3. The highest BCUT2D eigenvalue weighted by Crippen LogP contribution is 2.53. The number of β-lactam (4-membered cyclic amide) rings is 1. The second-order valence-corrected chi connectivity index (χ2v) is 9.55. The molecule has 0 aromatic carbocycles. The molecule has 10 heteroatoms. The molecule has 2 fully saturated rings. The number of aldehydes is 1. The molecule has 4 N–H and O–H groups in total. The van der Waals surface area contributed by atoms with Gasteiger partial charge >= 0.3 is 5.97 Å². The number of hydrogen-bond donors (Lipinski definition) is 4. The first-order valence-corrected chi connectivity index (χ1v) is 10.7. The largest absolute Gasteiger partial charge is 0.477 e. The first kappa shape index (κ1) is 21.1. The van der Waals surface area contributed by atoms with Gasteiger partial charge in [0.05, 0.1) is 41.8 Å². The maximum absolute atomic E-state index is 12.6. The highest BCUT2D eigenvalue weighted by Gasteiger charge is 2.61. The number of furan rings is 1. The second kappa shape index (κ2) is 7.84. The van der Waals surface area contributed by atoms with Crippen LogP contribution in [0.2, 0.25) is 0 Å². The number of nitrogens with zero attached hydrogens (tertiary/aromatic N) is 1. The predicted octanol–water partition coefficient (Wildman–Crippen LogP) is 0.513. The Morgan fingerprint density at radius 2 is 2.33 bits per heavy atom. The van der Waals surface area contributed by atoms with Crippen LogP contribution in [0, 0.1) is 11.8 Å². The van der Waals surface area contributed by atoms with Gasteiger partial charge in [0.2, 0.25) is 5.91 Å². The highest BCUT2D eigenvalue weighted by atomic mass is 32.2. The number of rotatable bonds is 8. The van der Waals surface area contributed by atoms with E-state index < -0.39 is 22.9 Å². The van der Waals surface area contributed by atoms with Crippen LogP contribution in [0.1, 0.15) is 26.0 Å². The van der Waals surface area contributed by atoms with Crippen LogP contribution in [-0.4, -0.2) is 62.9 Å². The molecule has 2 saturated heterocycles. The zero-order valence-electron chi connectivity index (χ0n) is 16.7. The van der Waals surface area contributed by atoms with E-state index in [9.17, 15) is 24.6 Å². The van der Waals surface area contributed by atoms with Gasteiger partial charge in [0.25, 0.3) is 0 Å². The zero-order chi connectivity index (χ0) is 21.6. The van der Waals surface area contributed by atoms with Crippen molar-refractivity contribution in [3.05, 3.63) is 34.8 Å². The fourth-order valence-electron chi connectivity index (χ4n) is 4.67. The molecule has 0 radical (unpaired) electrons. The van der Waals surface area contributed by atoms with Crippen LogP contribution in [0.4, 0.5) is 0 Å². The van der Waals surface area contributed by atoms with E-state index in [2.05, 4.69) is 10.6 Å². The molecule has 162 valence electrons. The van der Waals surface area contributed by atoms with Gasteiger partial charge in [-0.05, 0) is 25.5 Å². The van der Waals surface area contributed by atoms with E-state index in [1.165, 1.54) is 16.7 Å². The van der Waals surface area contributed by atoms with E-state index in [4.69, 9.17) is 4.42 Å². The number of fused-ring (bicyclic) bond motifs is 1. The molecule has 0 aliphatic carbocycles. The van der Waals surface area contributed by atoms with Crippen LogP contribution in [-0.2, 0) is 20.9 Å². The molecule has 9 nitrogen and oxygen atoms in total. The lowest BCUT2D eigenvalue weighted by molar-refractivity contribution is -0.163. The minimum Gasteiger partial charge on any atom is -0.477 e. The van der Waals surface area contributed by atoms with Gasteiger partial charge < -0.3 is 29.6 Å². The second-order valence-electron chi connectivity index (χ2n) is 8.13. The van der Waals surface area contributed by atoms with Gasteiger partial charge in [0.1, 0.15) is 17.7 Å². The molecule has 3 aliphatic heterocycles. The highest BCUT2D eigenvalue weighted by molar-refractivity contribution is 8.04. The Hall–Kier alpha value is -2.14. The monoisotopic (exact) mass is 435 g/mol. The molecule has 0 bridgehead atoms. The van der Waals surface area contributed by atoms with Crippen molar-refractivity contribution in [1.29, 1.82) is 0 Å². The summed E-state index contributed by atoms with van der Waals surface area (Å²) in [5, 5.41) is 26.5. The van der Waals surface area contributed by atoms with E-state index in [0.29, 0.717) is 24.4 Å². The summed E-state index contributed by atoms with van der Waals surface area (Å²) in [4.78, 5) is 37.3. The number of thioether (sulfide) groups is 1. The molecule has 3 aliphatic rings. The molecule has 4 heterocycles. The average Bonchev–Trinajstić information content (AvgIpc) is 3.40. The van der Waals surface area contributed by atoms with E-state index >= 15 is 0 Å². The molecule has 0 spiro atoms. The van der Waals surface area contributed by atoms with Gasteiger partial charge in [-0.2, -0.15) is 0 Å². The average molecular weight is 436 g/mol. The third kappa shape index (κ3) is 3.37. The molecule has 0 saturated carbocycles. The number of aliphatic hydroxyl groups excluding tert-OH is 1. The van der Waals surface area contributed by atoms with Gasteiger partial charge in [0.15, 0.2) is 0 Å². The summed E-state index contributed by atoms with van der Waals surface area (Å²) in [7, 11) is 0. The molecule has 0 unspecified atom stereocenters. The van der Waals surface area contributed by atoms with Gasteiger partial charge in [-0.25, -0.2) is 4.79 Å². The number of amides is 1. The summed E-state index contributed by atoms with van der Waals surface area (Å²) in [6.45, 7) is 4.31. The molecular weight excluding hydrogens is 410 g/mol. The van der Waals surface area contributed by atoms with Gasteiger partial charge in [0, 0.05) is 17.4 Å². The Balaban J connectivity index is 1.64. The minimum absolute atomic E-state index is 0.0203. The van der Waals surface area contributed by atoms with Crippen molar-refractivity contribution in [3.8, 4) is 0 Å². The van der Waals surface area contributed by atoms with Crippen molar-refractivity contribution in [3.63, 3.8) is 0 Å². The van der Waals surface area contributed by atoms with Gasteiger partial charge in [-0.1, -0.05) is 6.92 Å². The lowest BCUT2D eigenvalue weighted by atomic mass is 9.79. The third-order valence-corrected chi connectivity index (χ3v) is 7.78. The van der Waals surface area contributed by atoms with Crippen molar-refractivity contribution in [2.24, 2.45) is 11.8 Å². The Bertz CT molecular complexity index is 885. The van der Waals surface area contributed by atoms with Crippen LogP contribution < -0.4 is 10.6 Å². The van der Waals surface area contributed by atoms with Crippen molar-refractivity contribution in [2.45, 2.75) is 49.9 Å². The standard InChI is InChI=1S/C20H25N3O6S/c1-10-15-14(11(2)25)18(26)23(15)16(19(27)28)17(10)30-20(6-12(8-24)21-9-20)22-7-13-4-3-5-29-13/h3-5,8,10-12,14-15,21-22,25H,6-7,9H2,1-2H3,(H,27,28)/t10-,11-,12+,14-,15-,20+/m1/s1. The van der Waals surface area contributed by atoms with Crippen LogP contribution in [0.25, 0.3) is 0 Å². The summed E-state index contributed by atoms with van der Waals surface area (Å²) in [5.74, 6) is -1.64. The summed E-state index contributed by atoms with van der Waals surface area (Å²) < 4.78 is 5.39. The SMILES string of the molecule is C[C@@H](O)[C@H]1C(=O)N2C(C(=O)O)=C(S[C@]3(NCc4ccco4)CN[C@H](C=O)C3)[C@H](C)[C@H]12. The number of aliphatic carboxylic acids is 1. The van der Waals surface area contributed by atoms with E-state index in [1.807, 2.05) is 13.0 Å². The quantitative estimate of drug-likeness (QED) is 0.262. The first-order valence-electron chi connectivity index (χ1n) is 9.91. The van der Waals surface area contributed by atoms with E-state index in [-0.39, 0.29) is 29.6 Å². The Kier molecular flexibility index (Phi) is 5.52. The van der Waals surface area contributed by atoms with E-state index in [1.54, 1.807) is 19.3 Å². The Labute approximate surface area is 177 Å². The van der Waals surface area contributed by atoms with Crippen LogP contribution in [0.3, 0.4) is 0 Å². The third-order valence-electron chi connectivity index (χ3n) is 6.15. The smallest absolute Gasteiger partial charge is 0.353 e. The maximum atomic E-state index is 12.6. The normalized spacial score (nSPS) is 34.1. The Morgan fingerprint density at radius 3 is 2.90 bits per heavy atom. The Morgan fingerprint density at radius 1 is 1.57 bits per heavy atom. The van der Waals surface area contributed by atoms with Gasteiger partial charge in [-0.3, -0.25) is 10.1 Å². The van der Waals surface area contributed by atoms with E-state index in [0.717, 1.165) is 12.0 Å².